The van der Waals surface area contributed by atoms with E-state index in [1.807, 2.05) is 6.92 Å². The third-order valence-corrected chi connectivity index (χ3v) is 5.00. The van der Waals surface area contributed by atoms with Crippen molar-refractivity contribution in [2.75, 3.05) is 32.1 Å². The Bertz CT molecular complexity index is 309. The molecule has 7 heteroatoms. The van der Waals surface area contributed by atoms with E-state index in [1.54, 1.807) is 4.31 Å². The Labute approximate surface area is 117 Å². The third kappa shape index (κ3) is 5.40. The van der Waals surface area contributed by atoms with Crippen LogP contribution in [0.25, 0.3) is 0 Å². The van der Waals surface area contributed by atoms with Gasteiger partial charge >= 0.3 is 0 Å². The van der Waals surface area contributed by atoms with Crippen LogP contribution in [0.15, 0.2) is 0 Å². The lowest BCUT2D eigenvalue weighted by Gasteiger charge is -2.34. The highest BCUT2D eigenvalue weighted by Gasteiger charge is 2.31. The fourth-order valence-electron chi connectivity index (χ4n) is 2.25. The topological polar surface area (TPSA) is 72.6 Å². The van der Waals surface area contributed by atoms with Crippen LogP contribution in [0.3, 0.4) is 0 Å². The van der Waals surface area contributed by atoms with Crippen LogP contribution in [0.5, 0.6) is 0 Å². The molecule has 1 rings (SSSR count). The number of sulfonamides is 1. The highest BCUT2D eigenvalue weighted by molar-refractivity contribution is 7.89. The van der Waals surface area contributed by atoms with Gasteiger partial charge in [-0.3, -0.25) is 0 Å². The van der Waals surface area contributed by atoms with E-state index in [-0.39, 0.29) is 30.8 Å². The Morgan fingerprint density at radius 3 is 2.72 bits per heavy atom. The van der Waals surface area contributed by atoms with Gasteiger partial charge in [0.2, 0.25) is 10.0 Å². The van der Waals surface area contributed by atoms with Crippen molar-refractivity contribution in [2.24, 2.45) is 5.73 Å². The summed E-state index contributed by atoms with van der Waals surface area (Å²) >= 11 is 0. The molecule has 0 aromatic carbocycles. The van der Waals surface area contributed by atoms with Crippen molar-refractivity contribution in [3.05, 3.63) is 0 Å². The molecule has 1 unspecified atom stereocenters. The average Bonchev–Trinajstić information content (AvgIpc) is 2.30. The Balaban J connectivity index is 0.00000289. The van der Waals surface area contributed by atoms with Crippen molar-refractivity contribution in [1.82, 2.24) is 4.31 Å². The molecule has 1 heterocycles. The number of rotatable bonds is 7. The summed E-state index contributed by atoms with van der Waals surface area (Å²) in [5.41, 5.74) is 5.54. The molecule has 110 valence electrons. The molecule has 0 amide bonds. The van der Waals surface area contributed by atoms with Gasteiger partial charge in [-0.15, -0.1) is 12.4 Å². The Hall–Kier alpha value is 0.120. The fraction of sp³-hybridized carbons (Fsp3) is 1.00. The van der Waals surface area contributed by atoms with E-state index in [4.69, 9.17) is 10.5 Å². The number of piperidine rings is 1. The van der Waals surface area contributed by atoms with E-state index >= 15 is 0 Å². The predicted octanol–water partition coefficient (Wildman–Crippen LogP) is 0.978. The van der Waals surface area contributed by atoms with Crippen LogP contribution in [0.1, 0.15) is 32.6 Å². The molecule has 2 N–H and O–H groups in total. The van der Waals surface area contributed by atoms with E-state index in [0.717, 1.165) is 25.7 Å². The number of halogens is 1. The highest BCUT2D eigenvalue weighted by Crippen LogP contribution is 2.22. The molecule has 1 aliphatic rings. The second kappa shape index (κ2) is 9.09. The first-order valence-corrected chi connectivity index (χ1v) is 8.00. The Kier molecular flexibility index (Phi) is 9.15. The first kappa shape index (κ1) is 18.1. The molecule has 1 atom stereocenters. The van der Waals surface area contributed by atoms with E-state index in [1.165, 1.54) is 0 Å². The number of nitrogens with zero attached hydrogens (tertiary/aromatic N) is 1. The summed E-state index contributed by atoms with van der Waals surface area (Å²) in [5, 5.41) is 0. The van der Waals surface area contributed by atoms with Crippen LogP contribution < -0.4 is 5.73 Å². The number of hydrogen-bond donors (Lipinski definition) is 1. The standard InChI is InChI=1S/C11H24N2O3S.ClH/c1-2-16-9-10-17(14,15)13-8-4-3-5-11(13)6-7-12;/h11H,2-10,12H2,1H3;1H. The van der Waals surface area contributed by atoms with Crippen LogP contribution >= 0.6 is 12.4 Å². The minimum absolute atomic E-state index is 0. The molecule has 0 aromatic heterocycles. The molecule has 0 saturated carbocycles. The smallest absolute Gasteiger partial charge is 0.216 e. The number of nitrogens with two attached hydrogens (primary N) is 1. The van der Waals surface area contributed by atoms with Gasteiger partial charge in [0, 0.05) is 19.2 Å². The van der Waals surface area contributed by atoms with Crippen LogP contribution in [0, 0.1) is 0 Å². The minimum Gasteiger partial charge on any atom is -0.381 e. The lowest BCUT2D eigenvalue weighted by molar-refractivity contribution is 0.160. The summed E-state index contributed by atoms with van der Waals surface area (Å²) < 4.78 is 31.1. The van der Waals surface area contributed by atoms with Crippen molar-refractivity contribution < 1.29 is 13.2 Å². The SMILES string of the molecule is CCOCCS(=O)(=O)N1CCCCC1CCN.Cl. The summed E-state index contributed by atoms with van der Waals surface area (Å²) in [7, 11) is -3.17. The van der Waals surface area contributed by atoms with Gasteiger partial charge in [0.05, 0.1) is 12.4 Å². The molecule has 0 radical (unpaired) electrons. The maximum absolute atomic E-state index is 12.2. The van der Waals surface area contributed by atoms with Gasteiger partial charge in [-0.1, -0.05) is 6.42 Å². The third-order valence-electron chi connectivity index (χ3n) is 3.12. The van der Waals surface area contributed by atoms with Crippen LogP contribution in [-0.4, -0.2) is 50.8 Å². The van der Waals surface area contributed by atoms with Crippen molar-refractivity contribution in [3.8, 4) is 0 Å². The summed E-state index contributed by atoms with van der Waals surface area (Å²) in [6, 6.07) is 0.0976. The lowest BCUT2D eigenvalue weighted by atomic mass is 10.0. The maximum Gasteiger partial charge on any atom is 0.216 e. The normalized spacial score (nSPS) is 21.6. The van der Waals surface area contributed by atoms with Crippen molar-refractivity contribution in [3.63, 3.8) is 0 Å². The molecule has 1 aliphatic heterocycles. The molecule has 1 saturated heterocycles. The molecule has 0 spiro atoms. The number of ether oxygens (including phenoxy) is 1. The lowest BCUT2D eigenvalue weighted by Crippen LogP contribution is -2.46. The quantitative estimate of drug-likeness (QED) is 0.711. The Morgan fingerprint density at radius 1 is 1.39 bits per heavy atom. The van der Waals surface area contributed by atoms with Gasteiger partial charge < -0.3 is 10.5 Å². The van der Waals surface area contributed by atoms with E-state index in [0.29, 0.717) is 19.7 Å². The molecular formula is C11H25ClN2O3S. The van der Waals surface area contributed by atoms with E-state index in [2.05, 4.69) is 0 Å². The zero-order valence-corrected chi connectivity index (χ0v) is 12.6. The summed E-state index contributed by atoms with van der Waals surface area (Å²) in [6.45, 7) is 3.89. The largest absolute Gasteiger partial charge is 0.381 e. The molecular weight excluding hydrogens is 276 g/mol. The van der Waals surface area contributed by atoms with Crippen molar-refractivity contribution in [2.45, 2.75) is 38.6 Å². The summed E-state index contributed by atoms with van der Waals surface area (Å²) in [5.74, 6) is 0.0852. The first-order chi connectivity index (χ1) is 8.11. The monoisotopic (exact) mass is 300 g/mol. The van der Waals surface area contributed by atoms with Crippen LogP contribution in [0.2, 0.25) is 0 Å². The maximum atomic E-state index is 12.2. The van der Waals surface area contributed by atoms with Crippen LogP contribution in [-0.2, 0) is 14.8 Å². The second-order valence-electron chi connectivity index (χ2n) is 4.35. The first-order valence-electron chi connectivity index (χ1n) is 6.39. The van der Waals surface area contributed by atoms with Crippen LogP contribution in [0.4, 0.5) is 0 Å². The minimum atomic E-state index is -3.17. The van der Waals surface area contributed by atoms with Gasteiger partial charge in [0.1, 0.15) is 0 Å². The van der Waals surface area contributed by atoms with Gasteiger partial charge in [-0.2, -0.15) is 4.31 Å². The average molecular weight is 301 g/mol. The molecule has 0 aliphatic carbocycles. The number of hydrogen-bond acceptors (Lipinski definition) is 4. The molecule has 0 bridgehead atoms. The predicted molar refractivity (Wildman–Crippen MR) is 75.5 cm³/mol. The molecule has 5 nitrogen and oxygen atoms in total. The summed E-state index contributed by atoms with van der Waals surface area (Å²) in [4.78, 5) is 0. The molecule has 0 aromatic rings. The zero-order chi connectivity index (χ0) is 12.7. The zero-order valence-electron chi connectivity index (χ0n) is 11.0. The van der Waals surface area contributed by atoms with E-state index < -0.39 is 10.0 Å². The summed E-state index contributed by atoms with van der Waals surface area (Å²) in [6.07, 6.45) is 3.75. The second-order valence-corrected chi connectivity index (χ2v) is 6.39. The molecule has 1 fully saturated rings. The highest BCUT2D eigenvalue weighted by atomic mass is 35.5. The van der Waals surface area contributed by atoms with Gasteiger partial charge in [0.25, 0.3) is 0 Å². The van der Waals surface area contributed by atoms with Gasteiger partial charge in [-0.05, 0) is 32.7 Å². The van der Waals surface area contributed by atoms with E-state index in [9.17, 15) is 8.42 Å². The Morgan fingerprint density at radius 2 is 2.11 bits per heavy atom. The van der Waals surface area contributed by atoms with Crippen molar-refractivity contribution >= 4 is 22.4 Å². The van der Waals surface area contributed by atoms with Gasteiger partial charge in [-0.25, -0.2) is 8.42 Å². The molecule has 18 heavy (non-hydrogen) atoms. The van der Waals surface area contributed by atoms with Gasteiger partial charge in [0.15, 0.2) is 0 Å². The van der Waals surface area contributed by atoms with Crippen molar-refractivity contribution in [1.29, 1.82) is 0 Å². The fourth-order valence-corrected chi connectivity index (χ4v) is 3.88.